The normalized spacial score (nSPS) is 27.4. The highest BCUT2D eigenvalue weighted by molar-refractivity contribution is 6.14. The number of carbonyl (C=O) groups is 6. The summed E-state index contributed by atoms with van der Waals surface area (Å²) in [5, 5.41) is 0. The zero-order valence-electron chi connectivity index (χ0n) is 22.2. The van der Waals surface area contributed by atoms with Gasteiger partial charge in [0, 0.05) is 0 Å². The second-order valence-corrected chi connectivity index (χ2v) is 10.2. The Morgan fingerprint density at radius 2 is 0.875 bits per heavy atom. The van der Waals surface area contributed by atoms with Gasteiger partial charge in [0.05, 0.1) is 61.8 Å². The number of piperidine rings is 2. The molecule has 2 heterocycles. The van der Waals surface area contributed by atoms with Gasteiger partial charge in [0.25, 0.3) is 0 Å². The minimum absolute atomic E-state index is 0.248. The lowest BCUT2D eigenvalue weighted by Crippen LogP contribution is -2.35. The predicted octanol–water partition coefficient (Wildman–Crippen LogP) is 1.96. The van der Waals surface area contributed by atoms with E-state index in [4.69, 9.17) is 9.47 Å². The lowest BCUT2D eigenvalue weighted by atomic mass is 10.2. The average Bonchev–Trinajstić information content (AvgIpc) is 3.84. The largest absolute Gasteiger partial charge is 0.466 e. The van der Waals surface area contributed by atoms with Crippen LogP contribution >= 0.6 is 0 Å². The molecule has 2 aromatic rings. The molecule has 4 amide bonds. The molecule has 0 aromatic heterocycles. The van der Waals surface area contributed by atoms with E-state index < -0.39 is 47.4 Å². The van der Waals surface area contributed by atoms with Gasteiger partial charge >= 0.3 is 11.9 Å². The van der Waals surface area contributed by atoms with E-state index >= 15 is 0 Å². The Labute approximate surface area is 231 Å². The average molecular weight is 547 g/mol. The number of esters is 2. The summed E-state index contributed by atoms with van der Waals surface area (Å²) in [6, 6.07) is 18.7. The molecule has 40 heavy (non-hydrogen) atoms. The molecular weight excluding hydrogens is 516 g/mol. The fourth-order valence-corrected chi connectivity index (χ4v) is 5.69. The monoisotopic (exact) mass is 546 g/mol. The number of imide groups is 2. The third kappa shape index (κ3) is 4.89. The Morgan fingerprint density at radius 1 is 0.575 bits per heavy atom. The van der Waals surface area contributed by atoms with Crippen molar-refractivity contribution in [2.75, 3.05) is 13.2 Å². The van der Waals surface area contributed by atoms with E-state index in [-0.39, 0.29) is 49.9 Å². The van der Waals surface area contributed by atoms with Crippen LogP contribution in [0.15, 0.2) is 60.7 Å². The molecule has 4 fully saturated rings. The van der Waals surface area contributed by atoms with Gasteiger partial charge in [-0.25, -0.2) is 0 Å². The van der Waals surface area contributed by atoms with Crippen LogP contribution in [0.2, 0.25) is 0 Å². The Bertz CT molecular complexity index is 1200. The molecule has 2 aliphatic heterocycles. The Morgan fingerprint density at radius 3 is 1.15 bits per heavy atom. The molecule has 2 saturated heterocycles. The fourth-order valence-electron chi connectivity index (χ4n) is 5.69. The van der Waals surface area contributed by atoms with Crippen LogP contribution in [0.3, 0.4) is 0 Å². The highest BCUT2D eigenvalue weighted by atomic mass is 16.5. The van der Waals surface area contributed by atoms with Crippen molar-refractivity contribution in [3.05, 3.63) is 71.8 Å². The Balaban J connectivity index is 0.000000161. The zero-order valence-corrected chi connectivity index (χ0v) is 22.2. The molecule has 0 spiro atoms. The summed E-state index contributed by atoms with van der Waals surface area (Å²) in [6.45, 7) is 4.51. The molecule has 0 N–H and O–H groups in total. The van der Waals surface area contributed by atoms with E-state index in [1.165, 1.54) is 9.80 Å². The fraction of sp³-hybridized carbons (Fsp3) is 0.400. The van der Waals surface area contributed by atoms with Gasteiger partial charge in [0.1, 0.15) is 0 Å². The molecule has 2 saturated carbocycles. The maximum atomic E-state index is 12.2. The topological polar surface area (TPSA) is 127 Å². The van der Waals surface area contributed by atoms with Crippen LogP contribution in [0.5, 0.6) is 0 Å². The van der Waals surface area contributed by atoms with Crippen LogP contribution in [-0.4, -0.2) is 58.6 Å². The molecule has 0 bridgehead atoms. The van der Waals surface area contributed by atoms with E-state index in [0.29, 0.717) is 0 Å². The first kappa shape index (κ1) is 27.2. The lowest BCUT2D eigenvalue weighted by molar-refractivity contribution is -0.152. The number of hydrogen-bond acceptors (Lipinski definition) is 8. The van der Waals surface area contributed by atoms with Crippen LogP contribution < -0.4 is 0 Å². The summed E-state index contributed by atoms with van der Waals surface area (Å²) in [5.41, 5.74) is 1.81. The molecule has 2 aliphatic carbocycles. The molecular formula is C30H30N2O8. The quantitative estimate of drug-likeness (QED) is 0.363. The molecule has 6 rings (SSSR count). The third-order valence-electron chi connectivity index (χ3n) is 7.73. The number of amides is 4. The summed E-state index contributed by atoms with van der Waals surface area (Å²) < 4.78 is 9.78. The van der Waals surface area contributed by atoms with Crippen molar-refractivity contribution >= 4 is 35.6 Å². The number of benzene rings is 2. The summed E-state index contributed by atoms with van der Waals surface area (Å²) in [7, 11) is 0. The molecule has 2 unspecified atom stereocenters. The van der Waals surface area contributed by atoms with Gasteiger partial charge in [-0.1, -0.05) is 60.7 Å². The summed E-state index contributed by atoms with van der Waals surface area (Å²) in [4.78, 5) is 74.5. The highest BCUT2D eigenvalue weighted by Crippen LogP contribution is 2.55. The van der Waals surface area contributed by atoms with Gasteiger partial charge in [0.2, 0.25) is 23.6 Å². The predicted molar refractivity (Wildman–Crippen MR) is 138 cm³/mol. The number of rotatable bonds is 8. The van der Waals surface area contributed by atoms with Crippen molar-refractivity contribution in [1.82, 2.24) is 9.80 Å². The number of ether oxygens (including phenoxy) is 2. The summed E-state index contributed by atoms with van der Waals surface area (Å²) in [5.74, 6) is -4.94. The highest BCUT2D eigenvalue weighted by Gasteiger charge is 2.71. The first-order valence-corrected chi connectivity index (χ1v) is 13.4. The molecule has 6 atom stereocenters. The molecule has 10 nitrogen and oxygen atoms in total. The SMILES string of the molecule is CCOC(=O)C1[C@H]2C(=O)N(Cc3ccccc3)C(=O)[C@@H]12.CCOC(=O)C1[C@H]2C(=O)N(Cc3ccccc3)C(=O)[C@@H]12. The van der Waals surface area contributed by atoms with Crippen LogP contribution in [0.4, 0.5) is 0 Å². The minimum atomic E-state index is -0.554. The van der Waals surface area contributed by atoms with E-state index in [1.54, 1.807) is 13.8 Å². The van der Waals surface area contributed by atoms with Gasteiger partial charge in [-0.2, -0.15) is 0 Å². The lowest BCUT2D eigenvalue weighted by Gasteiger charge is -2.18. The smallest absolute Gasteiger partial charge is 0.310 e. The van der Waals surface area contributed by atoms with Crippen LogP contribution in [0.1, 0.15) is 25.0 Å². The van der Waals surface area contributed by atoms with Crippen molar-refractivity contribution in [3.63, 3.8) is 0 Å². The van der Waals surface area contributed by atoms with Gasteiger partial charge in [-0.3, -0.25) is 38.6 Å². The minimum Gasteiger partial charge on any atom is -0.466 e. The van der Waals surface area contributed by atoms with Crippen LogP contribution in [-0.2, 0) is 51.3 Å². The summed E-state index contributed by atoms with van der Waals surface area (Å²) >= 11 is 0. The Hall–Kier alpha value is -4.34. The molecule has 10 heteroatoms. The maximum Gasteiger partial charge on any atom is 0.310 e. The van der Waals surface area contributed by atoms with Crippen LogP contribution in [0, 0.1) is 35.5 Å². The second-order valence-electron chi connectivity index (χ2n) is 10.2. The number of carbonyl (C=O) groups excluding carboxylic acids is 6. The standard InChI is InChI=1S/2C15H15NO4/c2*1-2-20-15(19)12-10-11(12)14(18)16(13(10)17)8-9-6-4-3-5-7-9/h2*3-7,10-12H,2,8H2,1H3/t2*10-,11+,12?. The third-order valence-corrected chi connectivity index (χ3v) is 7.73. The van der Waals surface area contributed by atoms with E-state index in [9.17, 15) is 28.8 Å². The van der Waals surface area contributed by atoms with Crippen molar-refractivity contribution in [3.8, 4) is 0 Å². The molecule has 0 radical (unpaired) electrons. The zero-order chi connectivity index (χ0) is 28.6. The first-order valence-electron chi connectivity index (χ1n) is 13.4. The van der Waals surface area contributed by atoms with Gasteiger partial charge in [-0.15, -0.1) is 0 Å². The number of nitrogens with zero attached hydrogens (tertiary/aromatic N) is 2. The van der Waals surface area contributed by atoms with Crippen molar-refractivity contribution in [2.45, 2.75) is 26.9 Å². The van der Waals surface area contributed by atoms with Gasteiger partial charge in [0.15, 0.2) is 0 Å². The Kier molecular flexibility index (Phi) is 7.51. The summed E-state index contributed by atoms with van der Waals surface area (Å²) in [6.07, 6.45) is 0. The maximum absolute atomic E-state index is 12.2. The van der Waals surface area contributed by atoms with Crippen molar-refractivity contribution < 1.29 is 38.2 Å². The van der Waals surface area contributed by atoms with Gasteiger partial charge in [-0.05, 0) is 25.0 Å². The van der Waals surface area contributed by atoms with E-state index in [1.807, 2.05) is 60.7 Å². The van der Waals surface area contributed by atoms with E-state index in [0.717, 1.165) is 11.1 Å². The molecule has 4 aliphatic rings. The molecule has 2 aromatic carbocycles. The molecule has 208 valence electrons. The van der Waals surface area contributed by atoms with Crippen LogP contribution in [0.25, 0.3) is 0 Å². The first-order chi connectivity index (χ1) is 19.3. The number of fused-ring (bicyclic) bond motifs is 2. The number of hydrogen-bond donors (Lipinski definition) is 0. The van der Waals surface area contributed by atoms with Crippen molar-refractivity contribution in [2.24, 2.45) is 35.5 Å². The van der Waals surface area contributed by atoms with Crippen molar-refractivity contribution in [1.29, 1.82) is 0 Å². The van der Waals surface area contributed by atoms with E-state index in [2.05, 4.69) is 0 Å². The second kappa shape index (κ2) is 11.0. The number of likely N-dealkylation sites (tertiary alicyclic amines) is 2. The van der Waals surface area contributed by atoms with Gasteiger partial charge < -0.3 is 9.47 Å².